The van der Waals surface area contributed by atoms with Crippen LogP contribution in [0.4, 0.5) is 4.39 Å². The highest BCUT2D eigenvalue weighted by Gasteiger charge is 2.33. The van der Waals surface area contributed by atoms with Crippen molar-refractivity contribution in [2.45, 2.75) is 39.1 Å². The summed E-state index contributed by atoms with van der Waals surface area (Å²) in [5.74, 6) is -0.558. The number of benzene rings is 1. The number of alkyl halides is 1. The van der Waals surface area contributed by atoms with Gasteiger partial charge in [-0.1, -0.05) is 6.07 Å². The van der Waals surface area contributed by atoms with Crippen LogP contribution in [-0.4, -0.2) is 36.0 Å². The van der Waals surface area contributed by atoms with E-state index in [9.17, 15) is 19.0 Å². The zero-order valence-corrected chi connectivity index (χ0v) is 12.1. The molecule has 0 saturated carbocycles. The minimum absolute atomic E-state index is 0.285. The normalized spacial score (nSPS) is 15.6. The minimum Gasteiger partial charge on any atom is -0.423 e. The first-order valence-electron chi connectivity index (χ1n) is 6.62. The van der Waals surface area contributed by atoms with E-state index in [1.165, 1.54) is 13.8 Å². The topological polar surface area (TPSA) is 75.6 Å². The molecule has 1 heterocycles. The molecule has 0 aliphatic carbocycles. The Bertz CT molecular complexity index is 585. The van der Waals surface area contributed by atoms with Gasteiger partial charge in [-0.3, -0.25) is 4.79 Å². The summed E-state index contributed by atoms with van der Waals surface area (Å²) in [4.78, 5) is 23.2. The SMILES string of the molecule is Cc1c(C(=O)NC(C=O)C(C)(C)F)ccc2c1B(O)OC2. The molecular weight excluding hydrogens is 276 g/mol. The standard InChI is InChI=1S/C14H17BFNO4/c1-8-10(5-4-9-7-21-15(20)12(8)9)13(19)17-11(6-18)14(2,3)16/h4-6,11,20H,7H2,1-3H3,(H,17,19). The fourth-order valence-electron chi connectivity index (χ4n) is 2.34. The van der Waals surface area contributed by atoms with Gasteiger partial charge in [-0.2, -0.15) is 0 Å². The third kappa shape index (κ3) is 2.98. The number of nitrogens with one attached hydrogen (secondary N) is 1. The number of amides is 1. The first kappa shape index (κ1) is 15.7. The van der Waals surface area contributed by atoms with Crippen LogP contribution < -0.4 is 10.8 Å². The second-order valence-electron chi connectivity index (χ2n) is 5.63. The molecule has 0 aromatic heterocycles. The van der Waals surface area contributed by atoms with Crippen LogP contribution in [-0.2, 0) is 16.1 Å². The lowest BCUT2D eigenvalue weighted by Gasteiger charge is -2.23. The van der Waals surface area contributed by atoms with Crippen molar-refractivity contribution >= 4 is 24.8 Å². The van der Waals surface area contributed by atoms with Crippen molar-refractivity contribution < 1.29 is 23.7 Å². The van der Waals surface area contributed by atoms with Crippen molar-refractivity contribution in [2.24, 2.45) is 0 Å². The van der Waals surface area contributed by atoms with Gasteiger partial charge in [0, 0.05) is 5.56 Å². The summed E-state index contributed by atoms with van der Waals surface area (Å²) in [6.45, 7) is 4.41. The zero-order valence-electron chi connectivity index (χ0n) is 12.1. The van der Waals surface area contributed by atoms with E-state index in [0.29, 0.717) is 17.3 Å². The molecule has 1 aliphatic rings. The molecule has 112 valence electrons. The molecule has 5 nitrogen and oxygen atoms in total. The van der Waals surface area contributed by atoms with Crippen molar-refractivity contribution in [3.8, 4) is 0 Å². The lowest BCUT2D eigenvalue weighted by molar-refractivity contribution is -0.112. The summed E-state index contributed by atoms with van der Waals surface area (Å²) >= 11 is 0. The third-order valence-electron chi connectivity index (χ3n) is 3.66. The molecule has 1 amide bonds. The lowest BCUT2D eigenvalue weighted by atomic mass is 9.75. The van der Waals surface area contributed by atoms with Crippen LogP contribution in [0.25, 0.3) is 0 Å². The molecule has 2 rings (SSSR count). The fraction of sp³-hybridized carbons (Fsp3) is 0.429. The Morgan fingerprint density at radius 1 is 1.57 bits per heavy atom. The molecule has 2 N–H and O–H groups in total. The summed E-state index contributed by atoms with van der Waals surface area (Å²) in [7, 11) is -1.06. The fourth-order valence-corrected chi connectivity index (χ4v) is 2.34. The lowest BCUT2D eigenvalue weighted by Crippen LogP contribution is -2.48. The number of carbonyl (C=O) groups is 2. The van der Waals surface area contributed by atoms with Crippen molar-refractivity contribution in [2.75, 3.05) is 0 Å². The van der Waals surface area contributed by atoms with Crippen molar-refractivity contribution in [3.05, 3.63) is 28.8 Å². The summed E-state index contributed by atoms with van der Waals surface area (Å²) < 4.78 is 18.9. The smallest absolute Gasteiger partial charge is 0.423 e. The molecule has 0 fully saturated rings. The summed E-state index contributed by atoms with van der Waals surface area (Å²) in [5.41, 5.74) is 0.370. The predicted octanol–water partition coefficient (Wildman–Crippen LogP) is 0.258. The van der Waals surface area contributed by atoms with E-state index in [4.69, 9.17) is 4.65 Å². The Kier molecular flexibility index (Phi) is 4.16. The molecule has 1 aromatic carbocycles. The number of aldehydes is 1. The van der Waals surface area contributed by atoms with E-state index in [1.54, 1.807) is 19.1 Å². The van der Waals surface area contributed by atoms with E-state index in [0.717, 1.165) is 5.56 Å². The molecule has 1 aliphatic heterocycles. The van der Waals surface area contributed by atoms with E-state index in [-0.39, 0.29) is 12.2 Å². The highest BCUT2D eigenvalue weighted by Crippen LogP contribution is 2.18. The largest absolute Gasteiger partial charge is 0.492 e. The van der Waals surface area contributed by atoms with Crippen LogP contribution in [0.15, 0.2) is 12.1 Å². The van der Waals surface area contributed by atoms with Gasteiger partial charge in [0.1, 0.15) is 18.0 Å². The van der Waals surface area contributed by atoms with Gasteiger partial charge in [0.25, 0.3) is 5.91 Å². The van der Waals surface area contributed by atoms with Crippen molar-refractivity contribution in [3.63, 3.8) is 0 Å². The minimum atomic E-state index is -1.86. The van der Waals surface area contributed by atoms with Gasteiger partial charge in [0.2, 0.25) is 0 Å². The molecule has 0 saturated heterocycles. The third-order valence-corrected chi connectivity index (χ3v) is 3.66. The Morgan fingerprint density at radius 3 is 2.81 bits per heavy atom. The van der Waals surface area contributed by atoms with Gasteiger partial charge in [-0.25, -0.2) is 4.39 Å². The quantitative estimate of drug-likeness (QED) is 0.617. The molecular formula is C14H17BFNO4. The Labute approximate surface area is 122 Å². The average molecular weight is 293 g/mol. The van der Waals surface area contributed by atoms with Gasteiger partial charge in [-0.15, -0.1) is 0 Å². The zero-order chi connectivity index (χ0) is 15.8. The Morgan fingerprint density at radius 2 is 2.24 bits per heavy atom. The number of hydrogen-bond acceptors (Lipinski definition) is 4. The molecule has 7 heteroatoms. The second-order valence-corrected chi connectivity index (χ2v) is 5.63. The van der Waals surface area contributed by atoms with Gasteiger partial charge in [-0.05, 0) is 43.4 Å². The number of rotatable bonds is 4. The van der Waals surface area contributed by atoms with Crippen LogP contribution in [0, 0.1) is 6.92 Å². The maximum Gasteiger partial charge on any atom is 0.492 e. The van der Waals surface area contributed by atoms with Gasteiger partial charge >= 0.3 is 7.12 Å². The summed E-state index contributed by atoms with van der Waals surface area (Å²) in [6.07, 6.45) is 0.374. The average Bonchev–Trinajstić information content (AvgIpc) is 2.77. The summed E-state index contributed by atoms with van der Waals surface area (Å²) in [5, 5.41) is 12.1. The maximum absolute atomic E-state index is 13.8. The van der Waals surface area contributed by atoms with E-state index in [1.807, 2.05) is 0 Å². The molecule has 0 radical (unpaired) electrons. The molecule has 1 unspecified atom stereocenters. The van der Waals surface area contributed by atoms with Crippen LogP contribution in [0.2, 0.25) is 0 Å². The van der Waals surface area contributed by atoms with Crippen molar-refractivity contribution in [1.82, 2.24) is 5.32 Å². The first-order chi connectivity index (χ1) is 9.75. The first-order valence-corrected chi connectivity index (χ1v) is 6.62. The van der Waals surface area contributed by atoms with Crippen LogP contribution in [0.1, 0.15) is 35.3 Å². The van der Waals surface area contributed by atoms with E-state index >= 15 is 0 Å². The van der Waals surface area contributed by atoms with Crippen LogP contribution >= 0.6 is 0 Å². The van der Waals surface area contributed by atoms with Crippen LogP contribution in [0.3, 0.4) is 0 Å². The van der Waals surface area contributed by atoms with Gasteiger partial charge < -0.3 is 19.8 Å². The molecule has 21 heavy (non-hydrogen) atoms. The number of hydrogen-bond donors (Lipinski definition) is 2. The van der Waals surface area contributed by atoms with Gasteiger partial charge in [0.15, 0.2) is 0 Å². The Balaban J connectivity index is 2.29. The Hall–Kier alpha value is -1.73. The predicted molar refractivity (Wildman–Crippen MR) is 76.1 cm³/mol. The molecule has 1 atom stereocenters. The van der Waals surface area contributed by atoms with Crippen LogP contribution in [0.5, 0.6) is 0 Å². The second kappa shape index (κ2) is 5.58. The van der Waals surface area contributed by atoms with E-state index < -0.39 is 24.7 Å². The number of carbonyl (C=O) groups excluding carboxylic acids is 2. The monoisotopic (exact) mass is 293 g/mol. The number of fused-ring (bicyclic) bond motifs is 1. The molecule has 0 spiro atoms. The van der Waals surface area contributed by atoms with Crippen molar-refractivity contribution in [1.29, 1.82) is 0 Å². The number of halogens is 1. The summed E-state index contributed by atoms with van der Waals surface area (Å²) in [6, 6.07) is 2.03. The van der Waals surface area contributed by atoms with Gasteiger partial charge in [0.05, 0.1) is 6.61 Å². The molecule has 0 bridgehead atoms. The maximum atomic E-state index is 13.8. The highest BCUT2D eigenvalue weighted by molar-refractivity contribution is 6.62. The van der Waals surface area contributed by atoms with E-state index in [2.05, 4.69) is 5.32 Å². The molecule has 1 aromatic rings. The highest BCUT2D eigenvalue weighted by atomic mass is 19.1.